The van der Waals surface area contributed by atoms with Gasteiger partial charge in [0.25, 0.3) is 11.6 Å². The number of aryl methyl sites for hydroxylation is 1. The Kier molecular flexibility index (Phi) is 5.25. The van der Waals surface area contributed by atoms with E-state index in [0.29, 0.717) is 18.2 Å². The molecule has 1 saturated carbocycles. The van der Waals surface area contributed by atoms with Crippen LogP contribution < -0.4 is 11.1 Å². The van der Waals surface area contributed by atoms with E-state index in [-0.39, 0.29) is 29.6 Å². The van der Waals surface area contributed by atoms with Gasteiger partial charge in [-0.1, -0.05) is 0 Å². The number of hydrogen-bond acceptors (Lipinski definition) is 5. The Balaban J connectivity index is 0.00000220. The number of aromatic nitrogens is 1. The molecular weight excluding hydrogens is 296 g/mol. The molecule has 1 heterocycles. The minimum atomic E-state index is -0.563. The molecule has 0 radical (unpaired) electrons. The van der Waals surface area contributed by atoms with Crippen molar-refractivity contribution in [2.45, 2.75) is 32.2 Å². The molecule has 0 aliphatic heterocycles. The van der Waals surface area contributed by atoms with E-state index in [2.05, 4.69) is 10.3 Å². The van der Waals surface area contributed by atoms with Gasteiger partial charge in [0.1, 0.15) is 6.20 Å². The van der Waals surface area contributed by atoms with Crippen molar-refractivity contribution in [3.8, 4) is 0 Å². The SMILES string of the molecule is Cc1ncc([N+](=O)[O-])cc1C(=O)NC(C)(CN)C1CC1.Cl. The maximum Gasteiger partial charge on any atom is 0.288 e. The number of carbonyl (C=O) groups is 1. The highest BCUT2D eigenvalue weighted by Crippen LogP contribution is 2.39. The van der Waals surface area contributed by atoms with Crippen LogP contribution in [0.4, 0.5) is 5.69 Å². The van der Waals surface area contributed by atoms with Crippen LogP contribution in [0, 0.1) is 23.0 Å². The van der Waals surface area contributed by atoms with E-state index < -0.39 is 10.5 Å². The van der Waals surface area contributed by atoms with Crippen molar-refractivity contribution in [3.63, 3.8) is 0 Å². The maximum absolute atomic E-state index is 12.3. The van der Waals surface area contributed by atoms with E-state index in [9.17, 15) is 14.9 Å². The maximum atomic E-state index is 12.3. The summed E-state index contributed by atoms with van der Waals surface area (Å²) in [5.74, 6) is 0.0157. The first-order valence-corrected chi connectivity index (χ1v) is 6.51. The number of hydrogen-bond donors (Lipinski definition) is 2. The molecule has 0 saturated heterocycles. The van der Waals surface area contributed by atoms with Gasteiger partial charge in [-0.2, -0.15) is 0 Å². The van der Waals surface area contributed by atoms with Gasteiger partial charge < -0.3 is 11.1 Å². The average molecular weight is 315 g/mol. The fourth-order valence-electron chi connectivity index (χ4n) is 2.22. The van der Waals surface area contributed by atoms with Gasteiger partial charge in [0.15, 0.2) is 0 Å². The number of amides is 1. The number of carbonyl (C=O) groups excluding carboxylic acids is 1. The van der Waals surface area contributed by atoms with Gasteiger partial charge in [-0.3, -0.25) is 19.9 Å². The Morgan fingerprint density at radius 1 is 1.62 bits per heavy atom. The number of nitrogens with zero attached hydrogens (tertiary/aromatic N) is 2. The normalized spacial score (nSPS) is 16.5. The van der Waals surface area contributed by atoms with Crippen molar-refractivity contribution in [2.75, 3.05) is 6.54 Å². The zero-order valence-corrected chi connectivity index (χ0v) is 12.8. The van der Waals surface area contributed by atoms with Crippen molar-refractivity contribution in [1.82, 2.24) is 10.3 Å². The third kappa shape index (κ3) is 3.68. The minimum Gasteiger partial charge on any atom is -0.345 e. The van der Waals surface area contributed by atoms with Crippen molar-refractivity contribution >= 4 is 24.0 Å². The summed E-state index contributed by atoms with van der Waals surface area (Å²) >= 11 is 0. The predicted molar refractivity (Wildman–Crippen MR) is 80.5 cm³/mol. The van der Waals surface area contributed by atoms with Gasteiger partial charge in [0.2, 0.25) is 0 Å². The second-order valence-electron chi connectivity index (χ2n) is 5.43. The van der Waals surface area contributed by atoms with Crippen LogP contribution in [-0.2, 0) is 0 Å². The third-order valence-corrected chi connectivity index (χ3v) is 3.83. The summed E-state index contributed by atoms with van der Waals surface area (Å²) in [6.07, 6.45) is 3.23. The molecule has 1 aromatic heterocycles. The predicted octanol–water partition coefficient (Wildman–Crippen LogP) is 1.58. The van der Waals surface area contributed by atoms with Crippen molar-refractivity contribution in [1.29, 1.82) is 0 Å². The average Bonchev–Trinajstić information content (AvgIpc) is 3.23. The van der Waals surface area contributed by atoms with Crippen LogP contribution >= 0.6 is 12.4 Å². The molecule has 116 valence electrons. The molecule has 0 bridgehead atoms. The van der Waals surface area contributed by atoms with Gasteiger partial charge in [-0.15, -0.1) is 12.4 Å². The fourth-order valence-corrected chi connectivity index (χ4v) is 2.22. The molecule has 1 atom stereocenters. The topological polar surface area (TPSA) is 111 Å². The number of nitrogens with two attached hydrogens (primary N) is 1. The van der Waals surface area contributed by atoms with Crippen LogP contribution in [-0.4, -0.2) is 27.9 Å². The highest BCUT2D eigenvalue weighted by molar-refractivity contribution is 5.96. The van der Waals surface area contributed by atoms with Crippen molar-refractivity contribution in [2.24, 2.45) is 11.7 Å². The molecule has 0 spiro atoms. The smallest absolute Gasteiger partial charge is 0.288 e. The van der Waals surface area contributed by atoms with Gasteiger partial charge in [0.05, 0.1) is 21.7 Å². The van der Waals surface area contributed by atoms with Crippen LogP contribution in [0.5, 0.6) is 0 Å². The highest BCUT2D eigenvalue weighted by atomic mass is 35.5. The standard InChI is InChI=1S/C13H18N4O3.ClH/c1-8-11(5-10(6-15-8)17(19)20)12(18)16-13(2,7-14)9-3-4-9;/h5-6,9H,3-4,7,14H2,1-2H3,(H,16,18);1H. The molecule has 7 nitrogen and oxygen atoms in total. The van der Waals surface area contributed by atoms with Gasteiger partial charge in [0, 0.05) is 12.6 Å². The van der Waals surface area contributed by atoms with Crippen LogP contribution in [0.1, 0.15) is 35.8 Å². The molecule has 1 amide bonds. The van der Waals surface area contributed by atoms with E-state index in [1.54, 1.807) is 6.92 Å². The number of nitrogens with one attached hydrogen (secondary N) is 1. The quantitative estimate of drug-likeness (QED) is 0.633. The summed E-state index contributed by atoms with van der Waals surface area (Å²) in [7, 11) is 0. The lowest BCUT2D eigenvalue weighted by Gasteiger charge is -2.29. The number of rotatable bonds is 5. The largest absolute Gasteiger partial charge is 0.345 e. The molecule has 3 N–H and O–H groups in total. The summed E-state index contributed by atoms with van der Waals surface area (Å²) in [5, 5.41) is 13.7. The summed E-state index contributed by atoms with van der Waals surface area (Å²) in [6, 6.07) is 1.25. The van der Waals surface area contributed by atoms with Crippen LogP contribution in [0.3, 0.4) is 0 Å². The van der Waals surface area contributed by atoms with E-state index in [1.165, 1.54) is 6.07 Å². The summed E-state index contributed by atoms with van der Waals surface area (Å²) in [5.41, 5.74) is 5.78. The molecule has 1 unspecified atom stereocenters. The summed E-state index contributed by atoms with van der Waals surface area (Å²) in [4.78, 5) is 26.4. The monoisotopic (exact) mass is 314 g/mol. The first-order valence-electron chi connectivity index (χ1n) is 6.51. The first-order chi connectivity index (χ1) is 9.37. The van der Waals surface area contributed by atoms with E-state index in [0.717, 1.165) is 19.0 Å². The van der Waals surface area contributed by atoms with Crippen molar-refractivity contribution in [3.05, 3.63) is 33.6 Å². The molecule has 1 aliphatic rings. The lowest BCUT2D eigenvalue weighted by molar-refractivity contribution is -0.385. The Labute approximate surface area is 128 Å². The van der Waals surface area contributed by atoms with E-state index in [4.69, 9.17) is 5.73 Å². The molecule has 1 fully saturated rings. The number of pyridine rings is 1. The van der Waals surface area contributed by atoms with Crippen LogP contribution in [0.2, 0.25) is 0 Å². The lowest BCUT2D eigenvalue weighted by atomic mass is 9.95. The zero-order chi connectivity index (χ0) is 14.9. The minimum absolute atomic E-state index is 0. The highest BCUT2D eigenvalue weighted by Gasteiger charge is 2.41. The molecule has 1 aliphatic carbocycles. The molecule has 21 heavy (non-hydrogen) atoms. The van der Waals surface area contributed by atoms with Gasteiger partial charge >= 0.3 is 0 Å². The number of halogens is 1. The third-order valence-electron chi connectivity index (χ3n) is 3.83. The van der Waals surface area contributed by atoms with Crippen LogP contribution in [0.15, 0.2) is 12.3 Å². The molecule has 2 rings (SSSR count). The molecule has 8 heteroatoms. The Morgan fingerprint density at radius 2 is 2.24 bits per heavy atom. The fraction of sp³-hybridized carbons (Fsp3) is 0.538. The summed E-state index contributed by atoms with van der Waals surface area (Å²) < 4.78 is 0. The second-order valence-corrected chi connectivity index (χ2v) is 5.43. The van der Waals surface area contributed by atoms with Crippen molar-refractivity contribution < 1.29 is 9.72 Å². The second kappa shape index (κ2) is 6.36. The van der Waals surface area contributed by atoms with E-state index >= 15 is 0 Å². The van der Waals surface area contributed by atoms with Gasteiger partial charge in [-0.25, -0.2) is 0 Å². The molecule has 1 aromatic rings. The molecule has 0 aromatic carbocycles. The lowest BCUT2D eigenvalue weighted by Crippen LogP contribution is -2.53. The Morgan fingerprint density at radius 3 is 2.71 bits per heavy atom. The zero-order valence-electron chi connectivity index (χ0n) is 12.0. The number of nitro groups is 1. The summed E-state index contributed by atoms with van der Waals surface area (Å²) in [6.45, 7) is 3.89. The Hall–Kier alpha value is -1.73. The van der Waals surface area contributed by atoms with Crippen LogP contribution in [0.25, 0.3) is 0 Å². The van der Waals surface area contributed by atoms with Gasteiger partial charge in [-0.05, 0) is 32.6 Å². The molecular formula is C13H19ClN4O3. The first kappa shape index (κ1) is 17.3. The Bertz CT molecular complexity index is 562. The van der Waals surface area contributed by atoms with E-state index in [1.807, 2.05) is 6.92 Å².